The van der Waals surface area contributed by atoms with Crippen molar-refractivity contribution >= 4 is 11.6 Å². The molecule has 2 aromatic rings. The van der Waals surface area contributed by atoms with Gasteiger partial charge in [-0.25, -0.2) is 9.07 Å². The van der Waals surface area contributed by atoms with E-state index in [1.54, 1.807) is 24.9 Å². The van der Waals surface area contributed by atoms with E-state index in [1.807, 2.05) is 0 Å². The van der Waals surface area contributed by atoms with Crippen LogP contribution in [0.15, 0.2) is 24.3 Å². The highest BCUT2D eigenvalue weighted by Gasteiger charge is 2.18. The number of ether oxygens (including phenoxy) is 1. The monoisotopic (exact) mass is 269 g/mol. The lowest BCUT2D eigenvalue weighted by Crippen LogP contribution is -2.13. The number of halogens is 2. The van der Waals surface area contributed by atoms with Crippen LogP contribution >= 0.6 is 11.6 Å². The van der Waals surface area contributed by atoms with Crippen LogP contribution in [0.3, 0.4) is 0 Å². The maximum Gasteiger partial charge on any atom is 0.211 e. The van der Waals surface area contributed by atoms with E-state index < -0.39 is 6.04 Å². The van der Waals surface area contributed by atoms with Crippen LogP contribution < -0.4 is 10.5 Å². The van der Waals surface area contributed by atoms with Gasteiger partial charge in [-0.2, -0.15) is 5.10 Å². The zero-order valence-electron chi connectivity index (χ0n) is 10.0. The minimum atomic E-state index is -0.594. The van der Waals surface area contributed by atoms with E-state index in [9.17, 15) is 4.39 Å². The molecule has 0 aliphatic heterocycles. The highest BCUT2D eigenvalue weighted by molar-refractivity contribution is 6.31. The van der Waals surface area contributed by atoms with Crippen LogP contribution in [0.5, 0.6) is 5.88 Å². The summed E-state index contributed by atoms with van der Waals surface area (Å²) < 4.78 is 19.9. The Kier molecular flexibility index (Phi) is 3.54. The molecule has 0 fully saturated rings. The van der Waals surface area contributed by atoms with Gasteiger partial charge in [0, 0.05) is 18.1 Å². The molecule has 96 valence electrons. The fraction of sp³-hybridized carbons (Fsp3) is 0.250. The van der Waals surface area contributed by atoms with Crippen LogP contribution in [0.2, 0.25) is 5.02 Å². The van der Waals surface area contributed by atoms with Gasteiger partial charge in [0.05, 0.1) is 18.8 Å². The van der Waals surface area contributed by atoms with Gasteiger partial charge in [0.1, 0.15) is 5.82 Å². The summed E-state index contributed by atoms with van der Waals surface area (Å²) in [7, 11) is 3.28. The van der Waals surface area contributed by atoms with Crippen molar-refractivity contribution in [3.8, 4) is 5.88 Å². The van der Waals surface area contributed by atoms with Crippen LogP contribution in [0.4, 0.5) is 4.39 Å². The summed E-state index contributed by atoms with van der Waals surface area (Å²) in [5.41, 5.74) is 7.11. The average Bonchev–Trinajstić information content (AvgIpc) is 2.73. The lowest BCUT2D eigenvalue weighted by Gasteiger charge is -2.11. The third kappa shape index (κ3) is 2.32. The molecule has 18 heavy (non-hydrogen) atoms. The van der Waals surface area contributed by atoms with Crippen LogP contribution in [0.25, 0.3) is 0 Å². The maximum absolute atomic E-state index is 13.2. The molecule has 0 aliphatic carbocycles. The second-order valence-corrected chi connectivity index (χ2v) is 4.29. The van der Waals surface area contributed by atoms with Gasteiger partial charge in [0.25, 0.3) is 0 Å². The Morgan fingerprint density at radius 2 is 2.17 bits per heavy atom. The third-order valence-corrected chi connectivity index (χ3v) is 3.02. The molecule has 1 atom stereocenters. The lowest BCUT2D eigenvalue weighted by molar-refractivity contribution is 0.373. The largest absolute Gasteiger partial charge is 0.481 e. The molecule has 0 bridgehead atoms. The summed E-state index contributed by atoms with van der Waals surface area (Å²) in [5.74, 6) is 0.195. The first-order chi connectivity index (χ1) is 8.52. The van der Waals surface area contributed by atoms with Gasteiger partial charge in [0.15, 0.2) is 0 Å². The Labute approximate surface area is 109 Å². The van der Waals surface area contributed by atoms with Crippen molar-refractivity contribution in [3.63, 3.8) is 0 Å². The SMILES string of the molecule is COc1cc(C(N)c2cc(F)ccc2Cl)nn1C. The van der Waals surface area contributed by atoms with Crippen molar-refractivity contribution in [1.29, 1.82) is 0 Å². The number of nitrogens with zero attached hydrogens (tertiary/aromatic N) is 2. The number of hydrogen-bond acceptors (Lipinski definition) is 3. The Morgan fingerprint density at radius 1 is 1.44 bits per heavy atom. The number of aromatic nitrogens is 2. The van der Waals surface area contributed by atoms with Crippen LogP contribution in [0.1, 0.15) is 17.3 Å². The van der Waals surface area contributed by atoms with Crippen molar-refractivity contribution < 1.29 is 9.13 Å². The van der Waals surface area contributed by atoms with Gasteiger partial charge in [0.2, 0.25) is 5.88 Å². The average molecular weight is 270 g/mol. The summed E-state index contributed by atoms with van der Waals surface area (Å²) in [4.78, 5) is 0. The summed E-state index contributed by atoms with van der Waals surface area (Å²) in [5, 5.41) is 4.62. The van der Waals surface area contributed by atoms with Crippen LogP contribution in [0, 0.1) is 5.82 Å². The molecular weight excluding hydrogens is 257 g/mol. The van der Waals surface area contributed by atoms with Crippen LogP contribution in [-0.4, -0.2) is 16.9 Å². The molecule has 4 nitrogen and oxygen atoms in total. The molecule has 0 radical (unpaired) electrons. The number of methoxy groups -OCH3 is 1. The van der Waals surface area contributed by atoms with E-state index in [4.69, 9.17) is 22.1 Å². The topological polar surface area (TPSA) is 53.1 Å². The van der Waals surface area contributed by atoms with Crippen LogP contribution in [-0.2, 0) is 7.05 Å². The van der Waals surface area contributed by atoms with Gasteiger partial charge < -0.3 is 10.5 Å². The Morgan fingerprint density at radius 3 is 2.78 bits per heavy atom. The number of rotatable bonds is 3. The molecule has 0 spiro atoms. The van der Waals surface area contributed by atoms with Crippen molar-refractivity contribution in [3.05, 3.63) is 46.4 Å². The Bertz CT molecular complexity index is 570. The van der Waals surface area contributed by atoms with E-state index in [-0.39, 0.29) is 5.82 Å². The quantitative estimate of drug-likeness (QED) is 0.930. The standard InChI is InChI=1S/C12H13ClFN3O/c1-17-11(18-2)6-10(16-17)12(15)8-5-7(14)3-4-9(8)13/h3-6,12H,15H2,1-2H3. The molecule has 1 aromatic carbocycles. The summed E-state index contributed by atoms with van der Waals surface area (Å²) in [6.45, 7) is 0. The predicted molar refractivity (Wildman–Crippen MR) is 67.2 cm³/mol. The van der Waals surface area contributed by atoms with Gasteiger partial charge in [-0.15, -0.1) is 0 Å². The number of benzene rings is 1. The first-order valence-electron chi connectivity index (χ1n) is 5.31. The molecule has 1 unspecified atom stereocenters. The first-order valence-corrected chi connectivity index (χ1v) is 5.69. The predicted octanol–water partition coefficient (Wildman–Crippen LogP) is 2.27. The van der Waals surface area contributed by atoms with E-state index in [0.29, 0.717) is 22.2 Å². The molecule has 0 saturated carbocycles. The van der Waals surface area contributed by atoms with E-state index in [0.717, 1.165) is 0 Å². The third-order valence-electron chi connectivity index (χ3n) is 2.68. The minimum absolute atomic E-state index is 0.382. The van der Waals surface area contributed by atoms with Gasteiger partial charge in [-0.1, -0.05) is 11.6 Å². The maximum atomic E-state index is 13.2. The van der Waals surface area contributed by atoms with Gasteiger partial charge in [-0.3, -0.25) is 0 Å². The number of hydrogen-bond donors (Lipinski definition) is 1. The van der Waals surface area contributed by atoms with Crippen molar-refractivity contribution in [2.24, 2.45) is 12.8 Å². The van der Waals surface area contributed by atoms with Crippen molar-refractivity contribution in [2.45, 2.75) is 6.04 Å². The second-order valence-electron chi connectivity index (χ2n) is 3.88. The lowest BCUT2D eigenvalue weighted by atomic mass is 10.0. The highest BCUT2D eigenvalue weighted by Crippen LogP contribution is 2.28. The number of nitrogens with two attached hydrogens (primary N) is 1. The smallest absolute Gasteiger partial charge is 0.211 e. The molecule has 0 amide bonds. The summed E-state index contributed by atoms with van der Waals surface area (Å²) >= 11 is 6.01. The van der Waals surface area contributed by atoms with E-state index in [2.05, 4.69) is 5.10 Å². The molecule has 0 aliphatic rings. The molecule has 6 heteroatoms. The fourth-order valence-electron chi connectivity index (χ4n) is 1.73. The van der Waals surface area contributed by atoms with Gasteiger partial charge >= 0.3 is 0 Å². The van der Waals surface area contributed by atoms with E-state index in [1.165, 1.54) is 18.2 Å². The summed E-state index contributed by atoms with van der Waals surface area (Å²) in [6.07, 6.45) is 0. The molecule has 1 aromatic heterocycles. The number of aryl methyl sites for hydroxylation is 1. The van der Waals surface area contributed by atoms with Gasteiger partial charge in [-0.05, 0) is 23.8 Å². The van der Waals surface area contributed by atoms with Crippen molar-refractivity contribution in [1.82, 2.24) is 9.78 Å². The molecule has 2 N–H and O–H groups in total. The molecule has 2 rings (SSSR count). The molecule has 1 heterocycles. The molecule has 0 saturated heterocycles. The normalized spacial score (nSPS) is 12.5. The minimum Gasteiger partial charge on any atom is -0.481 e. The zero-order valence-corrected chi connectivity index (χ0v) is 10.8. The Hall–Kier alpha value is -1.59. The highest BCUT2D eigenvalue weighted by atomic mass is 35.5. The second kappa shape index (κ2) is 4.96. The van der Waals surface area contributed by atoms with E-state index >= 15 is 0 Å². The zero-order chi connectivity index (χ0) is 13.3. The summed E-state index contributed by atoms with van der Waals surface area (Å²) in [6, 6.07) is 5.19. The van der Waals surface area contributed by atoms with Crippen molar-refractivity contribution in [2.75, 3.05) is 7.11 Å². The fourth-order valence-corrected chi connectivity index (χ4v) is 1.96. The molecular formula is C12H13ClFN3O. The Balaban J connectivity index is 2.40. The first kappa shape index (κ1) is 12.9.